The van der Waals surface area contributed by atoms with E-state index in [1.54, 1.807) is 11.3 Å². The monoisotopic (exact) mass is 217 g/mol. The molecule has 0 radical (unpaired) electrons. The zero-order chi connectivity index (χ0) is 10.7. The molecule has 0 spiro atoms. The summed E-state index contributed by atoms with van der Waals surface area (Å²) in [5.74, 6) is 0. The third-order valence-corrected chi connectivity index (χ3v) is 3.15. The van der Waals surface area contributed by atoms with E-state index in [2.05, 4.69) is 60.3 Å². The molecule has 1 aromatic heterocycles. The fourth-order valence-corrected chi connectivity index (χ4v) is 2.34. The van der Waals surface area contributed by atoms with E-state index in [0.29, 0.717) is 6.04 Å². The lowest BCUT2D eigenvalue weighted by atomic mass is 10.1. The summed E-state index contributed by atoms with van der Waals surface area (Å²) in [5.41, 5.74) is 3.83. The molecule has 2 heteroatoms. The molecule has 0 fully saturated rings. The Bertz CT molecular complexity index is 420. The highest BCUT2D eigenvalue weighted by molar-refractivity contribution is 7.07. The Morgan fingerprint density at radius 1 is 1.27 bits per heavy atom. The molecule has 0 aliphatic carbocycles. The van der Waals surface area contributed by atoms with Crippen molar-refractivity contribution in [2.24, 2.45) is 0 Å². The predicted molar refractivity (Wildman–Crippen MR) is 67.5 cm³/mol. The highest BCUT2D eigenvalue weighted by atomic mass is 32.1. The van der Waals surface area contributed by atoms with Crippen LogP contribution < -0.4 is 5.32 Å². The molecule has 1 heterocycles. The lowest BCUT2D eigenvalue weighted by molar-refractivity contribution is 0.890. The second-order valence-corrected chi connectivity index (χ2v) is 4.57. The molecule has 0 aliphatic heterocycles. The van der Waals surface area contributed by atoms with Gasteiger partial charge in [0.05, 0.1) is 0 Å². The van der Waals surface area contributed by atoms with Gasteiger partial charge in [-0.25, -0.2) is 0 Å². The summed E-state index contributed by atoms with van der Waals surface area (Å²) >= 11 is 1.74. The molecule has 1 atom stereocenters. The summed E-state index contributed by atoms with van der Waals surface area (Å²) in [6, 6.07) is 11.0. The zero-order valence-electron chi connectivity index (χ0n) is 9.03. The average molecular weight is 217 g/mol. The summed E-state index contributed by atoms with van der Waals surface area (Å²) in [4.78, 5) is 0. The number of hydrogen-bond donors (Lipinski definition) is 1. The van der Waals surface area contributed by atoms with E-state index in [1.165, 1.54) is 16.8 Å². The van der Waals surface area contributed by atoms with Crippen LogP contribution in [0.15, 0.2) is 41.1 Å². The van der Waals surface area contributed by atoms with E-state index in [0.717, 1.165) is 0 Å². The zero-order valence-corrected chi connectivity index (χ0v) is 9.84. The van der Waals surface area contributed by atoms with Crippen molar-refractivity contribution in [1.82, 2.24) is 0 Å². The number of thiophene rings is 1. The first-order chi connectivity index (χ1) is 7.25. The molecule has 0 amide bonds. The molecule has 78 valence electrons. The maximum Gasteiger partial charge on any atom is 0.0493 e. The van der Waals surface area contributed by atoms with Crippen molar-refractivity contribution in [2.75, 3.05) is 5.32 Å². The predicted octanol–water partition coefficient (Wildman–Crippen LogP) is 4.23. The van der Waals surface area contributed by atoms with Crippen molar-refractivity contribution in [3.63, 3.8) is 0 Å². The standard InChI is InChI=1S/C13H15NS/c1-10-4-3-5-13(8-10)14-11(2)12-6-7-15-9-12/h3-9,11,14H,1-2H3. The molecule has 1 unspecified atom stereocenters. The molecule has 0 bridgehead atoms. The van der Waals surface area contributed by atoms with Gasteiger partial charge in [-0.05, 0) is 53.9 Å². The van der Waals surface area contributed by atoms with Crippen LogP contribution in [0.1, 0.15) is 24.1 Å². The minimum Gasteiger partial charge on any atom is -0.378 e. The minimum absolute atomic E-state index is 0.373. The Hall–Kier alpha value is -1.28. The van der Waals surface area contributed by atoms with Crippen molar-refractivity contribution in [3.05, 3.63) is 52.2 Å². The van der Waals surface area contributed by atoms with Crippen LogP contribution in [0, 0.1) is 6.92 Å². The SMILES string of the molecule is Cc1cccc(NC(C)c2ccsc2)c1. The molecule has 2 rings (SSSR count). The second kappa shape index (κ2) is 4.49. The first-order valence-electron chi connectivity index (χ1n) is 5.11. The van der Waals surface area contributed by atoms with Crippen molar-refractivity contribution >= 4 is 17.0 Å². The summed E-state index contributed by atoms with van der Waals surface area (Å²) in [6.07, 6.45) is 0. The molecule has 1 N–H and O–H groups in total. The van der Waals surface area contributed by atoms with Gasteiger partial charge in [-0.1, -0.05) is 12.1 Å². The molecule has 1 nitrogen and oxygen atoms in total. The van der Waals surface area contributed by atoms with Crippen LogP contribution in [-0.2, 0) is 0 Å². The number of anilines is 1. The average Bonchev–Trinajstić information content (AvgIpc) is 2.70. The second-order valence-electron chi connectivity index (χ2n) is 3.79. The van der Waals surface area contributed by atoms with Gasteiger partial charge in [0.25, 0.3) is 0 Å². The largest absolute Gasteiger partial charge is 0.378 e. The summed E-state index contributed by atoms with van der Waals surface area (Å²) < 4.78 is 0. The Labute approximate surface area is 94.8 Å². The molecule has 0 saturated carbocycles. The number of rotatable bonds is 3. The number of nitrogens with one attached hydrogen (secondary N) is 1. The summed E-state index contributed by atoms with van der Waals surface area (Å²) in [7, 11) is 0. The van der Waals surface area contributed by atoms with Gasteiger partial charge in [-0.15, -0.1) is 0 Å². The highest BCUT2D eigenvalue weighted by Gasteiger charge is 2.04. The van der Waals surface area contributed by atoms with Gasteiger partial charge < -0.3 is 5.32 Å². The summed E-state index contributed by atoms with van der Waals surface area (Å²) in [6.45, 7) is 4.30. The first-order valence-corrected chi connectivity index (χ1v) is 6.05. The molecular formula is C13H15NS. The third-order valence-electron chi connectivity index (χ3n) is 2.44. The maximum atomic E-state index is 3.49. The van der Waals surface area contributed by atoms with Crippen LogP contribution in [0.3, 0.4) is 0 Å². The van der Waals surface area contributed by atoms with Gasteiger partial charge in [0.1, 0.15) is 0 Å². The van der Waals surface area contributed by atoms with Gasteiger partial charge in [0, 0.05) is 11.7 Å². The van der Waals surface area contributed by atoms with Gasteiger partial charge >= 0.3 is 0 Å². The Balaban J connectivity index is 2.09. The van der Waals surface area contributed by atoms with Crippen LogP contribution >= 0.6 is 11.3 Å². The number of hydrogen-bond acceptors (Lipinski definition) is 2. The van der Waals surface area contributed by atoms with Crippen LogP contribution in [0.2, 0.25) is 0 Å². The van der Waals surface area contributed by atoms with Crippen molar-refractivity contribution in [2.45, 2.75) is 19.9 Å². The van der Waals surface area contributed by atoms with Crippen LogP contribution in [-0.4, -0.2) is 0 Å². The van der Waals surface area contributed by atoms with Gasteiger partial charge in [0.2, 0.25) is 0 Å². The smallest absolute Gasteiger partial charge is 0.0493 e. The maximum absolute atomic E-state index is 3.49. The molecule has 15 heavy (non-hydrogen) atoms. The summed E-state index contributed by atoms with van der Waals surface area (Å²) in [5, 5.41) is 7.79. The van der Waals surface area contributed by atoms with E-state index in [9.17, 15) is 0 Å². The van der Waals surface area contributed by atoms with Crippen molar-refractivity contribution in [3.8, 4) is 0 Å². The topological polar surface area (TPSA) is 12.0 Å². The molecular weight excluding hydrogens is 202 g/mol. The Kier molecular flexibility index (Phi) is 3.07. The van der Waals surface area contributed by atoms with Crippen LogP contribution in [0.4, 0.5) is 5.69 Å². The molecule has 0 saturated heterocycles. The highest BCUT2D eigenvalue weighted by Crippen LogP contribution is 2.21. The first kappa shape index (κ1) is 10.2. The number of benzene rings is 1. The lowest BCUT2D eigenvalue weighted by Crippen LogP contribution is -2.05. The van der Waals surface area contributed by atoms with Crippen LogP contribution in [0.5, 0.6) is 0 Å². The minimum atomic E-state index is 0.373. The van der Waals surface area contributed by atoms with Gasteiger partial charge in [0.15, 0.2) is 0 Å². The fraction of sp³-hybridized carbons (Fsp3) is 0.231. The Morgan fingerprint density at radius 2 is 2.13 bits per heavy atom. The van der Waals surface area contributed by atoms with E-state index in [-0.39, 0.29) is 0 Å². The van der Waals surface area contributed by atoms with Crippen molar-refractivity contribution in [1.29, 1.82) is 0 Å². The third kappa shape index (κ3) is 2.60. The van der Waals surface area contributed by atoms with Crippen molar-refractivity contribution < 1.29 is 0 Å². The number of aryl methyl sites for hydroxylation is 1. The van der Waals surface area contributed by atoms with E-state index in [1.807, 2.05) is 0 Å². The fourth-order valence-electron chi connectivity index (χ4n) is 1.59. The van der Waals surface area contributed by atoms with Crippen LogP contribution in [0.25, 0.3) is 0 Å². The van der Waals surface area contributed by atoms with Gasteiger partial charge in [-0.2, -0.15) is 11.3 Å². The van der Waals surface area contributed by atoms with E-state index >= 15 is 0 Å². The lowest BCUT2D eigenvalue weighted by Gasteiger charge is -2.14. The molecule has 2 aromatic rings. The van der Waals surface area contributed by atoms with Gasteiger partial charge in [-0.3, -0.25) is 0 Å². The molecule has 1 aromatic carbocycles. The van der Waals surface area contributed by atoms with E-state index < -0.39 is 0 Å². The Morgan fingerprint density at radius 3 is 2.80 bits per heavy atom. The van der Waals surface area contributed by atoms with E-state index in [4.69, 9.17) is 0 Å². The molecule has 0 aliphatic rings. The quantitative estimate of drug-likeness (QED) is 0.811. The normalized spacial score (nSPS) is 12.4.